The maximum absolute atomic E-state index is 12.9. The first-order valence-electron chi connectivity index (χ1n) is 28.9. The smallest absolute Gasteiger partial charge is 0.462 e. The Labute approximate surface area is 429 Å². The first-order valence-corrected chi connectivity index (χ1v) is 30.4. The van der Waals surface area contributed by atoms with Gasteiger partial charge in [0.2, 0.25) is 0 Å². The van der Waals surface area contributed by atoms with Crippen LogP contribution in [0.1, 0.15) is 278 Å². The van der Waals surface area contributed by atoms with Crippen molar-refractivity contribution in [1.29, 1.82) is 0 Å². The Bertz CT molecular complexity index is 1320. The third-order valence-corrected chi connectivity index (χ3v) is 13.5. The maximum atomic E-state index is 12.9. The van der Waals surface area contributed by atoms with Crippen molar-refractivity contribution in [1.82, 2.24) is 0 Å². The first kappa shape index (κ1) is 67.7. The maximum Gasteiger partial charge on any atom is 0.472 e. The van der Waals surface area contributed by atoms with Crippen molar-refractivity contribution in [3.63, 3.8) is 0 Å². The minimum atomic E-state index is -4.74. The first-order chi connectivity index (χ1) is 34.2. The van der Waals surface area contributed by atoms with Crippen LogP contribution in [0, 0.1) is 0 Å². The van der Waals surface area contributed by atoms with E-state index in [0.717, 1.165) is 96.3 Å². The molecule has 0 amide bonds. The number of aliphatic hydroxyl groups excluding tert-OH is 1. The average Bonchev–Trinajstić information content (AvgIpc) is 3.35. The molecule has 0 fully saturated rings. The lowest BCUT2D eigenvalue weighted by atomic mass is 10.1. The van der Waals surface area contributed by atoms with Crippen LogP contribution in [0.3, 0.4) is 0 Å². The molecule has 70 heavy (non-hydrogen) atoms. The molecule has 0 aliphatic carbocycles. The van der Waals surface area contributed by atoms with Gasteiger partial charge < -0.3 is 24.2 Å². The van der Waals surface area contributed by atoms with Gasteiger partial charge in [0.25, 0.3) is 0 Å². The molecule has 0 aromatic carbocycles. The second-order valence-electron chi connectivity index (χ2n) is 19.4. The van der Waals surface area contributed by atoms with Crippen molar-refractivity contribution in [3.05, 3.63) is 36.5 Å². The summed E-state index contributed by atoms with van der Waals surface area (Å²) in [5.74, 6) is -1.47. The van der Waals surface area contributed by atoms with E-state index in [9.17, 15) is 28.9 Å². The van der Waals surface area contributed by atoms with E-state index in [1.54, 1.807) is 0 Å². The summed E-state index contributed by atoms with van der Waals surface area (Å²) in [7, 11) is -4.74. The van der Waals surface area contributed by atoms with Crippen LogP contribution < -0.4 is 0 Å². The van der Waals surface area contributed by atoms with Crippen LogP contribution in [0.15, 0.2) is 36.5 Å². The Morgan fingerprint density at radius 3 is 1.04 bits per heavy atom. The molecule has 0 aromatic heterocycles. The summed E-state index contributed by atoms with van der Waals surface area (Å²) >= 11 is 0. The van der Waals surface area contributed by atoms with E-state index in [1.165, 1.54) is 122 Å². The molecule has 12 heteroatoms. The van der Waals surface area contributed by atoms with E-state index in [2.05, 4.69) is 57.2 Å². The molecule has 0 saturated carbocycles. The normalized spacial score (nSPS) is 13.6. The van der Waals surface area contributed by atoms with Gasteiger partial charge in [-0.05, 0) is 89.9 Å². The van der Waals surface area contributed by atoms with Gasteiger partial charge in [-0.3, -0.25) is 23.4 Å². The van der Waals surface area contributed by atoms with Crippen molar-refractivity contribution in [3.8, 4) is 0 Å². The number of carbonyl (C=O) groups excluding carboxylic acids is 3. The van der Waals surface area contributed by atoms with Crippen LogP contribution in [-0.2, 0) is 42.2 Å². The predicted molar refractivity (Wildman–Crippen MR) is 289 cm³/mol. The van der Waals surface area contributed by atoms with E-state index >= 15 is 0 Å². The second kappa shape index (κ2) is 53.0. The summed E-state index contributed by atoms with van der Waals surface area (Å²) < 4.78 is 39.4. The molecule has 0 rings (SSSR count). The molecule has 2 N–H and O–H groups in total. The Morgan fingerprint density at radius 2 is 0.671 bits per heavy atom. The quantitative estimate of drug-likeness (QED) is 0.0197. The van der Waals surface area contributed by atoms with Crippen molar-refractivity contribution in [2.24, 2.45) is 0 Å². The van der Waals surface area contributed by atoms with Crippen LogP contribution in [0.25, 0.3) is 0 Å². The number of hydrogen-bond acceptors (Lipinski definition) is 10. The van der Waals surface area contributed by atoms with E-state index in [4.69, 9.17) is 23.3 Å². The van der Waals surface area contributed by atoms with E-state index in [0.29, 0.717) is 19.3 Å². The van der Waals surface area contributed by atoms with Crippen LogP contribution in [-0.4, -0.2) is 66.5 Å². The Morgan fingerprint density at radius 1 is 0.386 bits per heavy atom. The summed E-state index contributed by atoms with van der Waals surface area (Å²) in [4.78, 5) is 48.4. The number of hydrogen-bond donors (Lipinski definition) is 2. The highest BCUT2D eigenvalue weighted by Gasteiger charge is 2.28. The monoisotopic (exact) mass is 1010 g/mol. The largest absolute Gasteiger partial charge is 0.472 e. The van der Waals surface area contributed by atoms with Gasteiger partial charge in [-0.1, -0.05) is 205 Å². The van der Waals surface area contributed by atoms with E-state index in [1.807, 2.05) is 0 Å². The molecule has 0 saturated heterocycles. The summed E-state index contributed by atoms with van der Waals surface area (Å²) in [6.45, 7) is 4.59. The number of phosphoric ester groups is 1. The van der Waals surface area contributed by atoms with Gasteiger partial charge in [-0.25, -0.2) is 4.57 Å². The zero-order chi connectivity index (χ0) is 51.3. The highest BCUT2D eigenvalue weighted by molar-refractivity contribution is 7.47. The summed E-state index contributed by atoms with van der Waals surface area (Å²) in [5.41, 5.74) is 0. The zero-order valence-corrected chi connectivity index (χ0v) is 46.1. The molecule has 410 valence electrons. The topological polar surface area (TPSA) is 155 Å². The molecule has 0 radical (unpaired) electrons. The summed E-state index contributed by atoms with van der Waals surface area (Å²) in [6, 6.07) is 0. The van der Waals surface area contributed by atoms with Crippen LogP contribution in [0.4, 0.5) is 0 Å². The van der Waals surface area contributed by atoms with Gasteiger partial charge in [0, 0.05) is 19.3 Å². The fourth-order valence-electron chi connectivity index (χ4n) is 8.03. The molecule has 0 aliphatic heterocycles. The Balaban J connectivity index is 4.68. The average molecular weight is 1010 g/mol. The molecule has 0 spiro atoms. The lowest BCUT2D eigenvalue weighted by molar-refractivity contribution is -0.161. The third kappa shape index (κ3) is 50.6. The van der Waals surface area contributed by atoms with Crippen molar-refractivity contribution < 1.29 is 52.2 Å². The fourth-order valence-corrected chi connectivity index (χ4v) is 8.82. The van der Waals surface area contributed by atoms with Gasteiger partial charge in [-0.15, -0.1) is 0 Å². The summed E-state index contributed by atoms with van der Waals surface area (Å²) in [6.07, 6.45) is 53.9. The Hall–Kier alpha value is -2.30. The molecule has 0 aromatic rings. The van der Waals surface area contributed by atoms with Crippen molar-refractivity contribution >= 4 is 25.7 Å². The number of aliphatic hydroxyl groups is 1. The Kier molecular flexibility index (Phi) is 51.3. The summed E-state index contributed by atoms with van der Waals surface area (Å²) in [5, 5.41) is 9.78. The lowest BCUT2D eigenvalue weighted by Gasteiger charge is -2.21. The molecule has 0 aliphatic rings. The van der Waals surface area contributed by atoms with Crippen LogP contribution in [0.2, 0.25) is 0 Å². The molecule has 3 atom stereocenters. The van der Waals surface area contributed by atoms with Gasteiger partial charge >= 0.3 is 25.7 Å². The molecule has 0 heterocycles. The number of unbranched alkanes of at least 4 members (excludes halogenated alkanes) is 31. The van der Waals surface area contributed by atoms with Crippen LogP contribution in [0.5, 0.6) is 0 Å². The molecule has 3 unspecified atom stereocenters. The predicted octanol–water partition coefficient (Wildman–Crippen LogP) is 16.8. The van der Waals surface area contributed by atoms with Gasteiger partial charge in [0.05, 0.1) is 19.8 Å². The molecule has 0 bridgehead atoms. The molecular formula is C58H107O11P. The number of carbonyl (C=O) groups is 3. The van der Waals surface area contributed by atoms with Gasteiger partial charge in [0.15, 0.2) is 6.10 Å². The SMILES string of the molecule is CCCC/C=C\CCCCCCCC(=O)OC(CO)COP(=O)(O)OCC(COC(=O)CCCCCCCCCCC/C=C\CCCCCCCC)OC(=O)CCCCCCC/C=C\CCCCCC. The van der Waals surface area contributed by atoms with E-state index < -0.39 is 57.8 Å². The molecular weight excluding hydrogens is 904 g/mol. The highest BCUT2D eigenvalue weighted by Crippen LogP contribution is 2.43. The minimum absolute atomic E-state index is 0.159. The van der Waals surface area contributed by atoms with Gasteiger partial charge in [-0.2, -0.15) is 0 Å². The number of phosphoric acid groups is 1. The third-order valence-electron chi connectivity index (χ3n) is 12.5. The van der Waals surface area contributed by atoms with Crippen LogP contribution >= 0.6 is 7.82 Å². The van der Waals surface area contributed by atoms with Gasteiger partial charge in [0.1, 0.15) is 12.7 Å². The number of esters is 3. The minimum Gasteiger partial charge on any atom is -0.462 e. The zero-order valence-electron chi connectivity index (χ0n) is 45.2. The number of ether oxygens (including phenoxy) is 3. The second-order valence-corrected chi connectivity index (χ2v) is 20.9. The van der Waals surface area contributed by atoms with Crippen molar-refractivity contribution in [2.45, 2.75) is 290 Å². The highest BCUT2D eigenvalue weighted by atomic mass is 31.2. The van der Waals surface area contributed by atoms with E-state index in [-0.39, 0.29) is 25.9 Å². The molecule has 11 nitrogen and oxygen atoms in total. The number of allylic oxidation sites excluding steroid dienone is 6. The number of rotatable bonds is 54. The van der Waals surface area contributed by atoms with Crippen molar-refractivity contribution in [2.75, 3.05) is 26.4 Å². The fraction of sp³-hybridized carbons (Fsp3) is 0.845. The standard InChI is InChI=1S/C58H107O11P/c1-4-7-10-13-16-19-22-24-25-26-27-28-29-31-33-35-38-41-44-47-56(60)65-51-55(69-58(62)49-46-43-40-37-34-30-23-20-17-14-11-8-5-2)53-67-70(63,64)66-52-54(50-59)68-57(61)48-45-42-39-36-32-21-18-15-12-9-6-3/h15,18,20,23-25,54-55,59H,4-14,16-17,19,21-22,26-53H2,1-3H3,(H,63,64)/b18-15-,23-20-,25-24-. The lowest BCUT2D eigenvalue weighted by Crippen LogP contribution is -2.30.